The molecule has 0 aliphatic carbocycles. The summed E-state index contributed by atoms with van der Waals surface area (Å²) in [6.45, 7) is 3.46. The molecule has 2 aromatic carbocycles. The molecule has 1 N–H and O–H groups in total. The number of halogens is 1. The molecule has 0 atom stereocenters. The Morgan fingerprint density at radius 2 is 1.81 bits per heavy atom. The van der Waals surface area contributed by atoms with Gasteiger partial charge in [-0.05, 0) is 49.2 Å². The lowest BCUT2D eigenvalue weighted by atomic mass is 10.0. The van der Waals surface area contributed by atoms with Gasteiger partial charge >= 0.3 is 0 Å². The summed E-state index contributed by atoms with van der Waals surface area (Å²) in [5, 5.41) is 13.9. The van der Waals surface area contributed by atoms with E-state index in [9.17, 15) is 14.9 Å². The first-order valence-corrected chi connectivity index (χ1v) is 9.43. The smallest absolute Gasteiger partial charge is 0.288 e. The minimum absolute atomic E-state index is 0.0171. The van der Waals surface area contributed by atoms with Gasteiger partial charge in [0.15, 0.2) is 0 Å². The van der Waals surface area contributed by atoms with Gasteiger partial charge in [0, 0.05) is 24.7 Å². The average molecular weight is 388 g/mol. The zero-order valence-corrected chi connectivity index (χ0v) is 15.7. The number of nitrogens with zero attached hydrogens (tertiary/aromatic N) is 2. The van der Waals surface area contributed by atoms with Crippen LogP contribution in [0.4, 0.5) is 5.69 Å². The second-order valence-corrected chi connectivity index (χ2v) is 7.12. The topological polar surface area (TPSA) is 75.5 Å². The van der Waals surface area contributed by atoms with Crippen LogP contribution >= 0.6 is 11.6 Å². The van der Waals surface area contributed by atoms with Gasteiger partial charge < -0.3 is 5.32 Å². The van der Waals surface area contributed by atoms with Gasteiger partial charge in [0.1, 0.15) is 5.02 Å². The second-order valence-electron chi connectivity index (χ2n) is 6.71. The maximum absolute atomic E-state index is 12.4. The number of hydrogen-bond acceptors (Lipinski definition) is 4. The Hall–Kier alpha value is -2.44. The molecule has 1 heterocycles. The van der Waals surface area contributed by atoms with E-state index in [-0.39, 0.29) is 22.2 Å². The highest BCUT2D eigenvalue weighted by molar-refractivity contribution is 6.32. The van der Waals surface area contributed by atoms with E-state index in [2.05, 4.69) is 16.3 Å². The van der Waals surface area contributed by atoms with Crippen molar-refractivity contribution in [2.24, 2.45) is 0 Å². The van der Waals surface area contributed by atoms with Crippen molar-refractivity contribution >= 4 is 23.2 Å². The van der Waals surface area contributed by atoms with Crippen LogP contribution in [0.5, 0.6) is 0 Å². The molecule has 2 aromatic rings. The summed E-state index contributed by atoms with van der Waals surface area (Å²) < 4.78 is 0. The van der Waals surface area contributed by atoms with Gasteiger partial charge in [-0.2, -0.15) is 0 Å². The summed E-state index contributed by atoms with van der Waals surface area (Å²) in [5.74, 6) is -0.359. The van der Waals surface area contributed by atoms with E-state index < -0.39 is 4.92 Å². The van der Waals surface area contributed by atoms with Crippen molar-refractivity contribution in [3.8, 4) is 0 Å². The highest BCUT2D eigenvalue weighted by atomic mass is 35.5. The molecule has 1 amide bonds. The predicted octanol–water partition coefficient (Wildman–Crippen LogP) is 4.16. The number of amides is 1. The highest BCUT2D eigenvalue weighted by Gasteiger charge is 2.17. The van der Waals surface area contributed by atoms with E-state index >= 15 is 0 Å². The number of carbonyl (C=O) groups is 1. The van der Waals surface area contributed by atoms with Crippen LogP contribution in [0.1, 0.15) is 40.7 Å². The fourth-order valence-corrected chi connectivity index (χ4v) is 3.50. The van der Waals surface area contributed by atoms with Gasteiger partial charge in [0.05, 0.1) is 4.92 Å². The van der Waals surface area contributed by atoms with Crippen LogP contribution in [0.15, 0.2) is 42.5 Å². The fourth-order valence-electron chi connectivity index (χ4n) is 3.31. The molecule has 3 rings (SSSR count). The molecule has 6 nitrogen and oxygen atoms in total. The molecule has 1 fully saturated rings. The molecule has 142 valence electrons. The minimum atomic E-state index is -0.590. The molecule has 0 bridgehead atoms. The van der Waals surface area contributed by atoms with Gasteiger partial charge in [-0.25, -0.2) is 0 Å². The van der Waals surface area contributed by atoms with E-state index in [1.165, 1.54) is 43.0 Å². The molecule has 0 unspecified atom stereocenters. The number of benzene rings is 2. The van der Waals surface area contributed by atoms with Gasteiger partial charge in [-0.1, -0.05) is 42.3 Å². The van der Waals surface area contributed by atoms with Gasteiger partial charge in [0.25, 0.3) is 11.6 Å². The largest absolute Gasteiger partial charge is 0.348 e. The summed E-state index contributed by atoms with van der Waals surface area (Å²) in [6.07, 6.45) is 3.75. The quantitative estimate of drug-likeness (QED) is 0.596. The highest BCUT2D eigenvalue weighted by Crippen LogP contribution is 2.25. The Balaban J connectivity index is 1.67. The van der Waals surface area contributed by atoms with E-state index in [0.717, 1.165) is 25.2 Å². The summed E-state index contributed by atoms with van der Waals surface area (Å²) in [7, 11) is 0. The fraction of sp³-hybridized carbons (Fsp3) is 0.350. The monoisotopic (exact) mass is 387 g/mol. The molecule has 7 heteroatoms. The minimum Gasteiger partial charge on any atom is -0.348 e. The van der Waals surface area contributed by atoms with Crippen LogP contribution in [-0.2, 0) is 13.1 Å². The van der Waals surface area contributed by atoms with Gasteiger partial charge in [-0.3, -0.25) is 19.8 Å². The number of carbonyl (C=O) groups excluding carboxylic acids is 1. The third-order valence-corrected chi connectivity index (χ3v) is 5.13. The van der Waals surface area contributed by atoms with Crippen LogP contribution in [0.3, 0.4) is 0 Å². The van der Waals surface area contributed by atoms with Gasteiger partial charge in [0.2, 0.25) is 0 Å². The first-order chi connectivity index (χ1) is 13.0. The maximum Gasteiger partial charge on any atom is 0.288 e. The summed E-state index contributed by atoms with van der Waals surface area (Å²) >= 11 is 5.80. The first kappa shape index (κ1) is 19.3. The molecule has 0 aromatic heterocycles. The molecule has 0 spiro atoms. The molecule has 1 aliphatic rings. The van der Waals surface area contributed by atoms with Crippen LogP contribution in [0.25, 0.3) is 0 Å². The first-order valence-electron chi connectivity index (χ1n) is 9.06. The lowest BCUT2D eigenvalue weighted by Crippen LogP contribution is -2.30. The molecule has 1 aliphatic heterocycles. The van der Waals surface area contributed by atoms with Crippen molar-refractivity contribution < 1.29 is 9.72 Å². The Morgan fingerprint density at radius 3 is 2.52 bits per heavy atom. The van der Waals surface area contributed by atoms with Crippen LogP contribution < -0.4 is 5.32 Å². The summed E-state index contributed by atoms with van der Waals surface area (Å²) in [6, 6.07) is 12.1. The number of piperidine rings is 1. The lowest BCUT2D eigenvalue weighted by Gasteiger charge is -2.27. The van der Waals surface area contributed by atoms with Crippen molar-refractivity contribution in [2.75, 3.05) is 13.1 Å². The molecule has 0 radical (unpaired) electrons. The number of hydrogen-bond donors (Lipinski definition) is 1. The zero-order valence-electron chi connectivity index (χ0n) is 15.0. The number of nitrogens with one attached hydrogen (secondary N) is 1. The van der Waals surface area contributed by atoms with Crippen molar-refractivity contribution in [1.82, 2.24) is 10.2 Å². The van der Waals surface area contributed by atoms with Gasteiger partial charge in [-0.15, -0.1) is 0 Å². The van der Waals surface area contributed by atoms with Crippen LogP contribution in [0.2, 0.25) is 5.02 Å². The van der Waals surface area contributed by atoms with Crippen LogP contribution in [-0.4, -0.2) is 28.8 Å². The average Bonchev–Trinajstić information content (AvgIpc) is 2.68. The Kier molecular flexibility index (Phi) is 6.42. The standard InChI is InChI=1S/C20H22ClN3O3/c21-18-9-8-15(12-19(18)24(26)27)20(25)22-13-16-6-2-3-7-17(16)14-23-10-4-1-5-11-23/h2-3,6-9,12H,1,4-5,10-11,13-14H2,(H,22,25). The van der Waals surface area contributed by atoms with Crippen molar-refractivity contribution in [1.29, 1.82) is 0 Å². The van der Waals surface area contributed by atoms with E-state index in [0.29, 0.717) is 6.54 Å². The Labute approximate surface area is 163 Å². The normalized spacial score (nSPS) is 14.7. The van der Waals surface area contributed by atoms with Crippen molar-refractivity contribution in [2.45, 2.75) is 32.4 Å². The number of rotatable bonds is 6. The van der Waals surface area contributed by atoms with E-state index in [1.807, 2.05) is 18.2 Å². The summed E-state index contributed by atoms with van der Waals surface area (Å²) in [5.41, 5.74) is 2.20. The zero-order chi connectivity index (χ0) is 19.2. The Bertz CT molecular complexity index is 835. The Morgan fingerprint density at radius 1 is 1.11 bits per heavy atom. The van der Waals surface area contributed by atoms with E-state index in [4.69, 9.17) is 11.6 Å². The van der Waals surface area contributed by atoms with Crippen molar-refractivity contribution in [3.63, 3.8) is 0 Å². The molecular formula is C20H22ClN3O3. The third-order valence-electron chi connectivity index (χ3n) is 4.81. The molecule has 0 saturated carbocycles. The molecule has 1 saturated heterocycles. The van der Waals surface area contributed by atoms with E-state index in [1.54, 1.807) is 0 Å². The number of likely N-dealkylation sites (tertiary alicyclic amines) is 1. The number of nitro benzene ring substituents is 1. The SMILES string of the molecule is O=C(NCc1ccccc1CN1CCCCC1)c1ccc(Cl)c([N+](=O)[O-])c1. The number of nitro groups is 1. The lowest BCUT2D eigenvalue weighted by molar-refractivity contribution is -0.384. The molecular weight excluding hydrogens is 366 g/mol. The molecule has 27 heavy (non-hydrogen) atoms. The maximum atomic E-state index is 12.4. The second kappa shape index (κ2) is 8.97. The van der Waals surface area contributed by atoms with Crippen LogP contribution in [0, 0.1) is 10.1 Å². The predicted molar refractivity (Wildman–Crippen MR) is 105 cm³/mol. The van der Waals surface area contributed by atoms with Crippen molar-refractivity contribution in [3.05, 3.63) is 74.3 Å². The third kappa shape index (κ3) is 5.05. The summed E-state index contributed by atoms with van der Waals surface area (Å²) in [4.78, 5) is 25.3.